The van der Waals surface area contributed by atoms with Gasteiger partial charge in [-0.25, -0.2) is 0 Å². The first-order valence-corrected chi connectivity index (χ1v) is 9.83. The van der Waals surface area contributed by atoms with Crippen molar-refractivity contribution in [3.63, 3.8) is 0 Å². The molecule has 0 bridgehead atoms. The van der Waals surface area contributed by atoms with Gasteiger partial charge < -0.3 is 16.0 Å². The van der Waals surface area contributed by atoms with E-state index in [-0.39, 0.29) is 24.2 Å². The molecule has 5 nitrogen and oxygen atoms in total. The third-order valence-electron chi connectivity index (χ3n) is 4.86. The third-order valence-corrected chi connectivity index (χ3v) is 5.18. The number of anilines is 1. The SMILES string of the molecule is CC(C)CNC(=O)c1ccc(NC(=O)CC(C)C2CCNCC2)cc1Cl.Cl. The Labute approximate surface area is 173 Å². The molecule has 0 radical (unpaired) electrons. The number of carbonyl (C=O) groups is 2. The highest BCUT2D eigenvalue weighted by Gasteiger charge is 2.22. The zero-order chi connectivity index (χ0) is 19.1. The number of nitrogens with one attached hydrogen (secondary N) is 3. The fourth-order valence-electron chi connectivity index (χ4n) is 3.25. The van der Waals surface area contributed by atoms with E-state index in [1.54, 1.807) is 18.2 Å². The summed E-state index contributed by atoms with van der Waals surface area (Å²) in [4.78, 5) is 24.5. The average Bonchev–Trinajstić information content (AvgIpc) is 2.60. The Balaban J connectivity index is 0.00000364. The average molecular weight is 416 g/mol. The summed E-state index contributed by atoms with van der Waals surface area (Å²) in [7, 11) is 0. The highest BCUT2D eigenvalue weighted by Crippen LogP contribution is 2.25. The summed E-state index contributed by atoms with van der Waals surface area (Å²) < 4.78 is 0. The van der Waals surface area contributed by atoms with E-state index in [1.807, 2.05) is 13.8 Å². The molecule has 2 rings (SSSR count). The molecular weight excluding hydrogens is 385 g/mol. The van der Waals surface area contributed by atoms with Gasteiger partial charge in [0.1, 0.15) is 0 Å². The van der Waals surface area contributed by atoms with Crippen molar-refractivity contribution >= 4 is 41.5 Å². The van der Waals surface area contributed by atoms with Gasteiger partial charge in [-0.05, 0) is 61.9 Å². The Kier molecular flexibility index (Phi) is 10.1. The van der Waals surface area contributed by atoms with Crippen LogP contribution in [0.4, 0.5) is 5.69 Å². The van der Waals surface area contributed by atoms with Gasteiger partial charge >= 0.3 is 0 Å². The number of hydrogen-bond acceptors (Lipinski definition) is 3. The van der Waals surface area contributed by atoms with E-state index in [1.165, 1.54) is 0 Å². The summed E-state index contributed by atoms with van der Waals surface area (Å²) in [5, 5.41) is 9.44. The molecule has 152 valence electrons. The van der Waals surface area contributed by atoms with Crippen LogP contribution in [0.2, 0.25) is 5.02 Å². The molecule has 0 aliphatic carbocycles. The van der Waals surface area contributed by atoms with Crippen molar-refractivity contribution in [1.82, 2.24) is 10.6 Å². The second kappa shape index (κ2) is 11.5. The van der Waals surface area contributed by atoms with Crippen molar-refractivity contribution in [2.24, 2.45) is 17.8 Å². The first-order chi connectivity index (χ1) is 12.4. The lowest BCUT2D eigenvalue weighted by atomic mass is 9.84. The van der Waals surface area contributed by atoms with Crippen LogP contribution in [0.1, 0.15) is 50.4 Å². The minimum atomic E-state index is -0.193. The van der Waals surface area contributed by atoms with Gasteiger partial charge in [0.15, 0.2) is 0 Å². The first kappa shape index (κ1) is 23.7. The van der Waals surface area contributed by atoms with E-state index < -0.39 is 0 Å². The van der Waals surface area contributed by atoms with Crippen LogP contribution in [0.5, 0.6) is 0 Å². The number of carbonyl (C=O) groups excluding carboxylic acids is 2. The van der Waals surface area contributed by atoms with Crippen molar-refractivity contribution in [2.45, 2.75) is 40.0 Å². The number of amides is 2. The van der Waals surface area contributed by atoms with Crippen molar-refractivity contribution in [3.8, 4) is 0 Å². The minimum Gasteiger partial charge on any atom is -0.352 e. The molecule has 1 fully saturated rings. The molecule has 2 amide bonds. The second-order valence-corrected chi connectivity index (χ2v) is 8.02. The first-order valence-electron chi connectivity index (χ1n) is 9.45. The van der Waals surface area contributed by atoms with Crippen LogP contribution in [0, 0.1) is 17.8 Å². The van der Waals surface area contributed by atoms with Gasteiger partial charge in [0.05, 0.1) is 10.6 Å². The van der Waals surface area contributed by atoms with Crippen LogP contribution in [0.15, 0.2) is 18.2 Å². The Morgan fingerprint density at radius 3 is 2.48 bits per heavy atom. The Bertz CT molecular complexity index is 632. The molecule has 1 unspecified atom stereocenters. The summed E-state index contributed by atoms with van der Waals surface area (Å²) in [6, 6.07) is 5.02. The van der Waals surface area contributed by atoms with Crippen LogP contribution < -0.4 is 16.0 Å². The Hall–Kier alpha value is -1.30. The summed E-state index contributed by atoms with van der Waals surface area (Å²) in [5.74, 6) is 1.12. The van der Waals surface area contributed by atoms with Gasteiger partial charge in [0.25, 0.3) is 5.91 Å². The second-order valence-electron chi connectivity index (χ2n) is 7.62. The molecule has 1 atom stereocenters. The van der Waals surface area contributed by atoms with Gasteiger partial charge in [-0.3, -0.25) is 9.59 Å². The van der Waals surface area contributed by atoms with Crippen molar-refractivity contribution in [3.05, 3.63) is 28.8 Å². The van der Waals surface area contributed by atoms with Gasteiger partial charge in [-0.2, -0.15) is 0 Å². The number of rotatable bonds is 7. The van der Waals surface area contributed by atoms with E-state index in [0.29, 0.717) is 47.0 Å². The molecule has 0 aromatic heterocycles. The van der Waals surface area contributed by atoms with Gasteiger partial charge in [0, 0.05) is 18.7 Å². The fourth-order valence-corrected chi connectivity index (χ4v) is 3.52. The van der Waals surface area contributed by atoms with E-state index >= 15 is 0 Å². The topological polar surface area (TPSA) is 70.2 Å². The molecule has 1 aliphatic heterocycles. The van der Waals surface area contributed by atoms with Crippen molar-refractivity contribution in [2.75, 3.05) is 25.0 Å². The maximum absolute atomic E-state index is 12.3. The van der Waals surface area contributed by atoms with Gasteiger partial charge in [-0.1, -0.05) is 32.4 Å². The lowest BCUT2D eigenvalue weighted by Crippen LogP contribution is -2.32. The monoisotopic (exact) mass is 415 g/mol. The summed E-state index contributed by atoms with van der Waals surface area (Å²) in [5.41, 5.74) is 1.05. The molecule has 7 heteroatoms. The summed E-state index contributed by atoms with van der Waals surface area (Å²) in [6.07, 6.45) is 2.75. The lowest BCUT2D eigenvalue weighted by Gasteiger charge is -2.27. The van der Waals surface area contributed by atoms with Crippen LogP contribution in [0.3, 0.4) is 0 Å². The van der Waals surface area contributed by atoms with Crippen molar-refractivity contribution in [1.29, 1.82) is 0 Å². The number of piperidine rings is 1. The van der Waals surface area contributed by atoms with Gasteiger partial charge in [-0.15, -0.1) is 12.4 Å². The molecule has 1 heterocycles. The van der Waals surface area contributed by atoms with E-state index in [2.05, 4.69) is 22.9 Å². The zero-order valence-electron chi connectivity index (χ0n) is 16.3. The lowest BCUT2D eigenvalue weighted by molar-refractivity contribution is -0.117. The smallest absolute Gasteiger partial charge is 0.252 e. The predicted octanol–water partition coefficient (Wildman–Crippen LogP) is 4.11. The molecule has 1 aromatic carbocycles. The molecule has 0 saturated carbocycles. The maximum Gasteiger partial charge on any atom is 0.252 e. The number of benzene rings is 1. The van der Waals surface area contributed by atoms with E-state index in [9.17, 15) is 9.59 Å². The highest BCUT2D eigenvalue weighted by molar-refractivity contribution is 6.34. The molecule has 1 aromatic rings. The summed E-state index contributed by atoms with van der Waals surface area (Å²) >= 11 is 6.23. The highest BCUT2D eigenvalue weighted by atomic mass is 35.5. The minimum absolute atomic E-state index is 0. The summed E-state index contributed by atoms with van der Waals surface area (Å²) in [6.45, 7) is 8.88. The zero-order valence-corrected chi connectivity index (χ0v) is 17.9. The quantitative estimate of drug-likeness (QED) is 0.627. The Morgan fingerprint density at radius 1 is 1.22 bits per heavy atom. The molecule has 3 N–H and O–H groups in total. The molecular formula is C20H31Cl2N3O2. The van der Waals surface area contributed by atoms with E-state index in [4.69, 9.17) is 11.6 Å². The maximum atomic E-state index is 12.3. The largest absolute Gasteiger partial charge is 0.352 e. The Morgan fingerprint density at radius 2 is 1.89 bits per heavy atom. The van der Waals surface area contributed by atoms with E-state index in [0.717, 1.165) is 25.9 Å². The molecule has 1 aliphatic rings. The fraction of sp³-hybridized carbons (Fsp3) is 0.600. The van der Waals surface area contributed by atoms with Crippen LogP contribution in [-0.4, -0.2) is 31.4 Å². The van der Waals surface area contributed by atoms with Crippen LogP contribution in [0.25, 0.3) is 0 Å². The predicted molar refractivity (Wildman–Crippen MR) is 114 cm³/mol. The molecule has 27 heavy (non-hydrogen) atoms. The number of hydrogen-bond donors (Lipinski definition) is 3. The van der Waals surface area contributed by atoms with Crippen LogP contribution >= 0.6 is 24.0 Å². The molecule has 1 saturated heterocycles. The number of halogens is 2. The van der Waals surface area contributed by atoms with Crippen molar-refractivity contribution < 1.29 is 9.59 Å². The standard InChI is InChI=1S/C20H30ClN3O2.ClH/c1-13(2)12-23-20(26)17-5-4-16(11-18(17)21)24-19(25)10-14(3)15-6-8-22-9-7-15;/h4-5,11,13-15,22H,6-10,12H2,1-3H3,(H,23,26)(H,24,25);1H. The molecule has 0 spiro atoms. The normalized spacial score (nSPS) is 15.7. The van der Waals surface area contributed by atoms with Gasteiger partial charge in [0.2, 0.25) is 5.91 Å². The van der Waals surface area contributed by atoms with Crippen LogP contribution in [-0.2, 0) is 4.79 Å². The third kappa shape index (κ3) is 7.68.